The molecule has 110 valence electrons. The number of rotatable bonds is 2. The summed E-state index contributed by atoms with van der Waals surface area (Å²) in [4.78, 5) is 23.5. The number of alkyl halides is 3. The molecule has 0 saturated heterocycles. The van der Waals surface area contributed by atoms with Gasteiger partial charge in [-0.05, 0) is 35.7 Å². The van der Waals surface area contributed by atoms with Crippen molar-refractivity contribution in [1.29, 1.82) is 0 Å². The SMILES string of the molecule is O=C(NC(=O)c1cccs1)Nc1ccc(C(F)(F)F)cc1. The Morgan fingerprint density at radius 1 is 1.05 bits per heavy atom. The van der Waals surface area contributed by atoms with Crippen LogP contribution < -0.4 is 10.6 Å². The maximum absolute atomic E-state index is 12.4. The zero-order chi connectivity index (χ0) is 15.5. The summed E-state index contributed by atoms with van der Waals surface area (Å²) in [7, 11) is 0. The minimum Gasteiger partial charge on any atom is -0.308 e. The number of imide groups is 1. The highest BCUT2D eigenvalue weighted by molar-refractivity contribution is 7.12. The van der Waals surface area contributed by atoms with Crippen LogP contribution in [0.25, 0.3) is 0 Å². The quantitative estimate of drug-likeness (QED) is 0.887. The lowest BCUT2D eigenvalue weighted by Crippen LogP contribution is -2.33. The maximum atomic E-state index is 12.4. The minimum atomic E-state index is -4.43. The Hall–Kier alpha value is -2.35. The van der Waals surface area contributed by atoms with E-state index in [1.807, 2.05) is 0 Å². The molecule has 1 aromatic heterocycles. The van der Waals surface area contributed by atoms with Crippen molar-refractivity contribution in [2.45, 2.75) is 6.18 Å². The Morgan fingerprint density at radius 3 is 2.24 bits per heavy atom. The van der Waals surface area contributed by atoms with Crippen LogP contribution in [0.4, 0.5) is 23.7 Å². The van der Waals surface area contributed by atoms with Gasteiger partial charge in [-0.15, -0.1) is 11.3 Å². The fourth-order valence-electron chi connectivity index (χ4n) is 1.48. The molecule has 0 saturated carbocycles. The number of amides is 3. The van der Waals surface area contributed by atoms with E-state index < -0.39 is 23.7 Å². The van der Waals surface area contributed by atoms with E-state index in [2.05, 4.69) is 10.6 Å². The van der Waals surface area contributed by atoms with Gasteiger partial charge in [0.2, 0.25) is 0 Å². The second-order valence-electron chi connectivity index (χ2n) is 3.96. The second kappa shape index (κ2) is 5.96. The van der Waals surface area contributed by atoms with E-state index in [1.54, 1.807) is 17.5 Å². The van der Waals surface area contributed by atoms with Crippen LogP contribution in [0.1, 0.15) is 15.2 Å². The molecule has 0 aliphatic carbocycles. The van der Waals surface area contributed by atoms with Crippen molar-refractivity contribution in [2.24, 2.45) is 0 Å². The van der Waals surface area contributed by atoms with E-state index in [1.165, 1.54) is 11.3 Å². The Kier molecular flexibility index (Phi) is 4.27. The van der Waals surface area contributed by atoms with E-state index in [4.69, 9.17) is 0 Å². The molecule has 0 radical (unpaired) electrons. The zero-order valence-electron chi connectivity index (χ0n) is 10.4. The highest BCUT2D eigenvalue weighted by atomic mass is 32.1. The summed E-state index contributed by atoms with van der Waals surface area (Å²) in [5.41, 5.74) is -0.664. The van der Waals surface area contributed by atoms with Crippen molar-refractivity contribution in [1.82, 2.24) is 5.32 Å². The Morgan fingerprint density at radius 2 is 1.71 bits per heavy atom. The molecule has 2 aromatic rings. The normalized spacial score (nSPS) is 11.0. The van der Waals surface area contributed by atoms with Gasteiger partial charge in [-0.3, -0.25) is 10.1 Å². The summed E-state index contributed by atoms with van der Waals surface area (Å²) in [6.07, 6.45) is -4.43. The number of benzene rings is 1. The fraction of sp³-hybridized carbons (Fsp3) is 0.0769. The molecule has 21 heavy (non-hydrogen) atoms. The molecular weight excluding hydrogens is 305 g/mol. The first-order valence-corrected chi connectivity index (χ1v) is 6.57. The topological polar surface area (TPSA) is 58.2 Å². The van der Waals surface area contributed by atoms with Gasteiger partial charge in [-0.2, -0.15) is 13.2 Å². The third kappa shape index (κ3) is 4.06. The Labute approximate surface area is 121 Å². The molecule has 1 aromatic carbocycles. The van der Waals surface area contributed by atoms with E-state index in [-0.39, 0.29) is 5.69 Å². The number of hydrogen-bond donors (Lipinski definition) is 2. The molecule has 1 heterocycles. The summed E-state index contributed by atoms with van der Waals surface area (Å²) in [6, 6.07) is 6.30. The number of thiophene rings is 1. The molecule has 0 aliphatic rings. The van der Waals surface area contributed by atoms with Crippen LogP contribution in [-0.4, -0.2) is 11.9 Å². The maximum Gasteiger partial charge on any atom is 0.416 e. The zero-order valence-corrected chi connectivity index (χ0v) is 11.2. The molecule has 4 nitrogen and oxygen atoms in total. The summed E-state index contributed by atoms with van der Waals surface area (Å²) >= 11 is 1.17. The van der Waals surface area contributed by atoms with Gasteiger partial charge < -0.3 is 5.32 Å². The first kappa shape index (κ1) is 15.0. The van der Waals surface area contributed by atoms with Gasteiger partial charge in [0.25, 0.3) is 5.91 Å². The standard InChI is InChI=1S/C13H9F3N2O2S/c14-13(15,16)8-3-5-9(6-4-8)17-12(20)18-11(19)10-2-1-7-21-10/h1-7H,(H2,17,18,19,20). The number of halogens is 3. The number of nitrogens with one attached hydrogen (secondary N) is 2. The summed E-state index contributed by atoms with van der Waals surface area (Å²) in [6.45, 7) is 0. The smallest absolute Gasteiger partial charge is 0.308 e. The number of carbonyl (C=O) groups is 2. The molecule has 8 heteroatoms. The van der Waals surface area contributed by atoms with Gasteiger partial charge in [0, 0.05) is 5.69 Å². The van der Waals surface area contributed by atoms with E-state index >= 15 is 0 Å². The van der Waals surface area contributed by atoms with Crippen molar-refractivity contribution in [3.8, 4) is 0 Å². The van der Waals surface area contributed by atoms with E-state index in [9.17, 15) is 22.8 Å². The third-order valence-electron chi connectivity index (χ3n) is 2.44. The van der Waals surface area contributed by atoms with Crippen LogP contribution in [0.2, 0.25) is 0 Å². The van der Waals surface area contributed by atoms with Gasteiger partial charge in [0.05, 0.1) is 10.4 Å². The number of hydrogen-bond acceptors (Lipinski definition) is 3. The molecule has 0 spiro atoms. The molecule has 0 fully saturated rings. The van der Waals surface area contributed by atoms with Crippen molar-refractivity contribution in [3.05, 3.63) is 52.2 Å². The van der Waals surface area contributed by atoms with Crippen LogP contribution in [0, 0.1) is 0 Å². The predicted molar refractivity (Wildman–Crippen MR) is 72.2 cm³/mol. The van der Waals surface area contributed by atoms with E-state index in [0.29, 0.717) is 4.88 Å². The lowest BCUT2D eigenvalue weighted by molar-refractivity contribution is -0.137. The average Bonchev–Trinajstić information content (AvgIpc) is 2.92. The van der Waals surface area contributed by atoms with Crippen LogP contribution >= 0.6 is 11.3 Å². The van der Waals surface area contributed by atoms with Gasteiger partial charge >= 0.3 is 12.2 Å². The van der Waals surface area contributed by atoms with Gasteiger partial charge in [0.1, 0.15) is 0 Å². The summed E-state index contributed by atoms with van der Waals surface area (Å²) in [5, 5.41) is 6.04. The Bertz CT molecular complexity index is 636. The van der Waals surface area contributed by atoms with Gasteiger partial charge in [-0.25, -0.2) is 4.79 Å². The molecule has 0 atom stereocenters. The van der Waals surface area contributed by atoms with Crippen LogP contribution in [-0.2, 0) is 6.18 Å². The van der Waals surface area contributed by atoms with Crippen LogP contribution in [0.5, 0.6) is 0 Å². The molecule has 0 aliphatic heterocycles. The summed E-state index contributed by atoms with van der Waals surface area (Å²) < 4.78 is 37.1. The lowest BCUT2D eigenvalue weighted by Gasteiger charge is -2.09. The number of urea groups is 1. The van der Waals surface area contributed by atoms with Crippen LogP contribution in [0.3, 0.4) is 0 Å². The summed E-state index contributed by atoms with van der Waals surface area (Å²) in [5.74, 6) is -0.575. The highest BCUT2D eigenvalue weighted by Crippen LogP contribution is 2.29. The van der Waals surface area contributed by atoms with E-state index in [0.717, 1.165) is 24.3 Å². The molecule has 2 rings (SSSR count). The molecule has 0 bridgehead atoms. The Balaban J connectivity index is 1.95. The predicted octanol–water partition coefficient (Wildman–Crippen LogP) is 3.73. The number of anilines is 1. The van der Waals surface area contributed by atoms with Gasteiger partial charge in [0.15, 0.2) is 0 Å². The monoisotopic (exact) mass is 314 g/mol. The first-order valence-electron chi connectivity index (χ1n) is 5.69. The van der Waals surface area contributed by atoms with Gasteiger partial charge in [-0.1, -0.05) is 6.07 Å². The minimum absolute atomic E-state index is 0.152. The second-order valence-corrected chi connectivity index (χ2v) is 4.91. The largest absolute Gasteiger partial charge is 0.416 e. The van der Waals surface area contributed by atoms with Crippen molar-refractivity contribution in [2.75, 3.05) is 5.32 Å². The molecular formula is C13H9F3N2O2S. The highest BCUT2D eigenvalue weighted by Gasteiger charge is 2.30. The molecule has 2 N–H and O–H groups in total. The van der Waals surface area contributed by atoms with Crippen molar-refractivity contribution in [3.63, 3.8) is 0 Å². The first-order chi connectivity index (χ1) is 9.86. The average molecular weight is 314 g/mol. The lowest BCUT2D eigenvalue weighted by atomic mass is 10.2. The molecule has 3 amide bonds. The molecule has 0 unspecified atom stereocenters. The van der Waals surface area contributed by atoms with Crippen molar-refractivity contribution < 1.29 is 22.8 Å². The van der Waals surface area contributed by atoms with Crippen LogP contribution in [0.15, 0.2) is 41.8 Å². The fourth-order valence-corrected chi connectivity index (χ4v) is 2.10. The number of carbonyl (C=O) groups excluding carboxylic acids is 2. The third-order valence-corrected chi connectivity index (χ3v) is 3.31. The van der Waals surface area contributed by atoms with Crippen molar-refractivity contribution >= 4 is 29.0 Å².